The summed E-state index contributed by atoms with van der Waals surface area (Å²) in [5.41, 5.74) is 8.15. The summed E-state index contributed by atoms with van der Waals surface area (Å²) in [7, 11) is 0. The van der Waals surface area contributed by atoms with Gasteiger partial charge in [0, 0.05) is 13.0 Å². The van der Waals surface area contributed by atoms with Crippen LogP contribution in [0.2, 0.25) is 0 Å². The van der Waals surface area contributed by atoms with Crippen LogP contribution in [0.3, 0.4) is 0 Å². The average molecular weight is 269 g/mol. The van der Waals surface area contributed by atoms with Crippen LogP contribution in [0.5, 0.6) is 0 Å². The van der Waals surface area contributed by atoms with E-state index in [0.717, 1.165) is 6.42 Å². The fourth-order valence-corrected chi connectivity index (χ4v) is 1.72. The third-order valence-corrected chi connectivity index (χ3v) is 2.72. The number of amides is 1. The third kappa shape index (κ3) is 4.99. The van der Waals surface area contributed by atoms with Gasteiger partial charge < -0.3 is 20.7 Å². The lowest BCUT2D eigenvalue weighted by atomic mass is 10.1. The van der Waals surface area contributed by atoms with Crippen LogP contribution in [0.4, 0.5) is 0 Å². The molecule has 1 saturated heterocycles. The topological polar surface area (TPSA) is 129 Å². The number of nitrogens with zero attached hydrogens (tertiary/aromatic N) is 2. The van der Waals surface area contributed by atoms with Crippen LogP contribution in [0.15, 0.2) is 0 Å². The highest BCUT2D eigenvalue weighted by molar-refractivity contribution is 6.25. The van der Waals surface area contributed by atoms with Crippen LogP contribution < -0.4 is 5.32 Å². The second-order valence-corrected chi connectivity index (χ2v) is 4.15. The maximum atomic E-state index is 11.7. The lowest BCUT2D eigenvalue weighted by Gasteiger charge is -2.16. The van der Waals surface area contributed by atoms with Crippen molar-refractivity contribution in [2.24, 2.45) is 0 Å². The van der Waals surface area contributed by atoms with Gasteiger partial charge in [-0.3, -0.25) is 9.59 Å². The van der Waals surface area contributed by atoms with Gasteiger partial charge >= 0.3 is 12.2 Å². The highest BCUT2D eigenvalue weighted by atomic mass is 16.5. The molecule has 1 aliphatic rings. The molecule has 1 rings (SSSR count). The molecule has 1 heterocycles. The second kappa shape index (κ2) is 7.40. The number of carbonyl (C=O) groups excluding carboxylic acids is 2. The number of carboxylic acid groups (broad SMARTS) is 1. The van der Waals surface area contributed by atoms with Crippen LogP contribution in [0.25, 0.3) is 5.53 Å². The van der Waals surface area contributed by atoms with Crippen LogP contribution in [-0.2, 0) is 19.1 Å². The van der Waals surface area contributed by atoms with Crippen LogP contribution >= 0.6 is 0 Å². The van der Waals surface area contributed by atoms with Crippen molar-refractivity contribution in [3.63, 3.8) is 0 Å². The van der Waals surface area contributed by atoms with E-state index in [1.54, 1.807) is 0 Å². The SMILES string of the molecule is [N-]=[N+]=CC(=O)CCC(NC(=O)C1CCCO1)C(=O)O. The normalized spacial score (nSPS) is 19.3. The molecule has 8 heteroatoms. The van der Waals surface area contributed by atoms with Gasteiger partial charge in [-0.1, -0.05) is 0 Å². The summed E-state index contributed by atoms with van der Waals surface area (Å²) in [6.45, 7) is 0.487. The van der Waals surface area contributed by atoms with E-state index in [-0.39, 0.29) is 12.8 Å². The van der Waals surface area contributed by atoms with Gasteiger partial charge in [0.25, 0.3) is 0 Å². The maximum Gasteiger partial charge on any atom is 0.326 e. The van der Waals surface area contributed by atoms with Crippen molar-refractivity contribution in [1.29, 1.82) is 0 Å². The van der Waals surface area contributed by atoms with E-state index in [2.05, 4.69) is 10.1 Å². The minimum atomic E-state index is -1.22. The predicted molar refractivity (Wildman–Crippen MR) is 62.5 cm³/mol. The number of hydrogen-bond acceptors (Lipinski definition) is 4. The van der Waals surface area contributed by atoms with Crippen molar-refractivity contribution < 1.29 is 29.0 Å². The van der Waals surface area contributed by atoms with Crippen molar-refractivity contribution in [2.75, 3.05) is 6.61 Å². The molecule has 2 N–H and O–H groups in total. The van der Waals surface area contributed by atoms with E-state index in [0.29, 0.717) is 19.2 Å². The van der Waals surface area contributed by atoms with Crippen molar-refractivity contribution in [1.82, 2.24) is 5.32 Å². The zero-order valence-corrected chi connectivity index (χ0v) is 10.2. The van der Waals surface area contributed by atoms with E-state index < -0.39 is 29.8 Å². The Morgan fingerprint density at radius 1 is 1.53 bits per heavy atom. The van der Waals surface area contributed by atoms with Gasteiger partial charge in [0.15, 0.2) is 0 Å². The Labute approximate surface area is 109 Å². The average Bonchev–Trinajstić information content (AvgIpc) is 2.88. The highest BCUT2D eigenvalue weighted by Gasteiger charge is 2.28. The van der Waals surface area contributed by atoms with Crippen molar-refractivity contribution >= 4 is 23.9 Å². The van der Waals surface area contributed by atoms with Gasteiger partial charge in [-0.25, -0.2) is 4.79 Å². The van der Waals surface area contributed by atoms with Gasteiger partial charge in [-0.2, -0.15) is 4.79 Å². The Morgan fingerprint density at radius 2 is 2.26 bits per heavy atom. The molecule has 1 fully saturated rings. The molecule has 0 aromatic carbocycles. The standard InChI is InChI=1S/C11H15N3O5/c12-13-6-7(15)3-4-8(11(17)18)14-10(16)9-2-1-5-19-9/h6,8-9H,1-5H2,(H,14,16)(H,17,18). The quantitative estimate of drug-likeness (QED) is 0.361. The molecular formula is C11H15N3O5. The van der Waals surface area contributed by atoms with E-state index in [4.69, 9.17) is 15.4 Å². The Morgan fingerprint density at radius 3 is 2.79 bits per heavy atom. The predicted octanol–water partition coefficient (Wildman–Crippen LogP) is -0.615. The Kier molecular flexibility index (Phi) is 5.84. The number of Topliss-reactive ketones (excluding diaryl/α,β-unsaturated/α-hetero) is 1. The number of nitrogens with one attached hydrogen (secondary N) is 1. The molecule has 1 amide bonds. The van der Waals surface area contributed by atoms with Gasteiger partial charge in [-0.05, 0) is 19.3 Å². The van der Waals surface area contributed by atoms with Crippen molar-refractivity contribution in [2.45, 2.75) is 37.8 Å². The van der Waals surface area contributed by atoms with Crippen LogP contribution in [0, 0.1) is 0 Å². The van der Waals surface area contributed by atoms with Gasteiger partial charge in [0.2, 0.25) is 11.7 Å². The summed E-state index contributed by atoms with van der Waals surface area (Å²) in [6.07, 6.45) is 1.21. The number of hydrogen-bond donors (Lipinski definition) is 2. The third-order valence-electron chi connectivity index (χ3n) is 2.72. The molecule has 19 heavy (non-hydrogen) atoms. The van der Waals surface area contributed by atoms with E-state index >= 15 is 0 Å². The molecule has 1 aliphatic heterocycles. The molecule has 104 valence electrons. The van der Waals surface area contributed by atoms with E-state index in [1.165, 1.54) is 0 Å². The lowest BCUT2D eigenvalue weighted by molar-refractivity contribution is -0.143. The fourth-order valence-electron chi connectivity index (χ4n) is 1.72. The Hall–Kier alpha value is -2.05. The zero-order valence-electron chi connectivity index (χ0n) is 10.2. The second-order valence-electron chi connectivity index (χ2n) is 4.15. The summed E-state index contributed by atoms with van der Waals surface area (Å²) < 4.78 is 5.13. The first-order chi connectivity index (χ1) is 9.04. The molecule has 0 spiro atoms. The highest BCUT2D eigenvalue weighted by Crippen LogP contribution is 2.12. The smallest absolute Gasteiger partial charge is 0.326 e. The number of aliphatic carboxylic acids is 1. The summed E-state index contributed by atoms with van der Waals surface area (Å²) in [5, 5.41) is 11.3. The lowest BCUT2D eigenvalue weighted by Crippen LogP contribution is -2.45. The van der Waals surface area contributed by atoms with E-state index in [9.17, 15) is 14.4 Å². The molecule has 0 radical (unpaired) electrons. The molecule has 0 aliphatic carbocycles. The van der Waals surface area contributed by atoms with Crippen molar-refractivity contribution in [3.8, 4) is 0 Å². The minimum absolute atomic E-state index is 0.0708. The number of ether oxygens (including phenoxy) is 1. The van der Waals surface area contributed by atoms with Gasteiger partial charge in [0.1, 0.15) is 12.1 Å². The number of carboxylic acids is 1. The number of rotatable bonds is 7. The first-order valence-corrected chi connectivity index (χ1v) is 5.89. The summed E-state index contributed by atoms with van der Waals surface area (Å²) in [5.74, 6) is -2.21. The largest absolute Gasteiger partial charge is 0.480 e. The summed E-state index contributed by atoms with van der Waals surface area (Å²) >= 11 is 0. The van der Waals surface area contributed by atoms with Crippen LogP contribution in [-0.4, -0.2) is 52.5 Å². The first-order valence-electron chi connectivity index (χ1n) is 5.89. The molecule has 2 atom stereocenters. The summed E-state index contributed by atoms with van der Waals surface area (Å²) in [4.78, 5) is 36.3. The summed E-state index contributed by atoms with van der Waals surface area (Å²) in [6, 6.07) is -1.16. The molecular weight excluding hydrogens is 254 g/mol. The molecule has 8 nitrogen and oxygen atoms in total. The van der Waals surface area contributed by atoms with E-state index in [1.807, 2.05) is 0 Å². The molecule has 0 aromatic heterocycles. The van der Waals surface area contributed by atoms with Crippen molar-refractivity contribution in [3.05, 3.63) is 5.53 Å². The monoisotopic (exact) mass is 269 g/mol. The minimum Gasteiger partial charge on any atom is -0.480 e. The van der Waals surface area contributed by atoms with Gasteiger partial charge in [-0.15, -0.1) is 0 Å². The number of ketones is 1. The van der Waals surface area contributed by atoms with Gasteiger partial charge in [0.05, 0.1) is 0 Å². The molecule has 0 aromatic rings. The maximum absolute atomic E-state index is 11.7. The molecule has 0 saturated carbocycles. The Balaban J connectivity index is 2.48. The van der Waals surface area contributed by atoms with Crippen LogP contribution in [0.1, 0.15) is 25.7 Å². The first kappa shape index (κ1) is 15.0. The number of carbonyl (C=O) groups is 3. The Bertz CT molecular complexity index is 411. The fraction of sp³-hybridized carbons (Fsp3) is 0.636. The zero-order chi connectivity index (χ0) is 14.3. The molecule has 2 unspecified atom stereocenters. The molecule has 0 bridgehead atoms.